The topological polar surface area (TPSA) is 12.5 Å². The summed E-state index contributed by atoms with van der Waals surface area (Å²) in [5.74, 6) is 0.458. The lowest BCUT2D eigenvalue weighted by Gasteiger charge is -2.32. The van der Waals surface area contributed by atoms with Crippen LogP contribution >= 0.6 is 66.7 Å². The zero-order valence-corrected chi connectivity index (χ0v) is 14.6. The molecule has 1 saturated heterocycles. The van der Waals surface area contributed by atoms with Crippen molar-refractivity contribution in [1.29, 1.82) is 0 Å². The molecule has 0 aliphatic carbocycles. The Bertz CT molecular complexity index is 244. The Morgan fingerprint density at radius 1 is 1.50 bits per heavy atom. The summed E-state index contributed by atoms with van der Waals surface area (Å²) in [5, 5.41) is -0.0915. The van der Waals surface area contributed by atoms with Crippen molar-refractivity contribution in [3.63, 3.8) is 0 Å². The monoisotopic (exact) mass is 414 g/mol. The minimum Gasteiger partial charge on any atom is -0.371 e. The number of ether oxygens (including phenoxy) is 1. The molecule has 0 saturated carbocycles. The highest BCUT2D eigenvalue weighted by atomic mass is 79.9. The highest BCUT2D eigenvalue weighted by molar-refractivity contribution is 9.10. The summed E-state index contributed by atoms with van der Waals surface area (Å²) >= 11 is 25.8. The lowest BCUT2D eigenvalue weighted by Crippen LogP contribution is -2.41. The Balaban J connectivity index is 2.53. The second-order valence-electron chi connectivity index (χ2n) is 4.56. The molecule has 1 nitrogen and oxygen atoms in total. The van der Waals surface area contributed by atoms with Crippen molar-refractivity contribution in [3.8, 4) is 0 Å². The van der Waals surface area contributed by atoms with Gasteiger partial charge in [-0.2, -0.15) is 0 Å². The van der Waals surface area contributed by atoms with Crippen LogP contribution in [-0.2, 0) is 4.74 Å². The molecule has 1 fully saturated rings. The fourth-order valence-electron chi connectivity index (χ4n) is 1.32. The molecule has 1 aliphatic rings. The molecule has 96 valence electrons. The number of hydrogen-bond acceptors (Lipinski definition) is 1. The second kappa shape index (κ2) is 5.83. The first-order valence-electron chi connectivity index (χ1n) is 5.05. The third kappa shape index (κ3) is 3.89. The van der Waals surface area contributed by atoms with Crippen LogP contribution in [0, 0.1) is 0 Å². The molecule has 1 rings (SSSR count). The molecule has 0 N–H and O–H groups in total. The van der Waals surface area contributed by atoms with Gasteiger partial charge in [-0.1, -0.05) is 31.9 Å². The van der Waals surface area contributed by atoms with E-state index in [0.717, 1.165) is 13.0 Å². The Labute approximate surface area is 129 Å². The van der Waals surface area contributed by atoms with E-state index in [0.29, 0.717) is 5.88 Å². The predicted octanol–water partition coefficient (Wildman–Crippen LogP) is 4.54. The first-order valence-corrected chi connectivity index (χ1v) is 8.11. The van der Waals surface area contributed by atoms with Crippen molar-refractivity contribution < 1.29 is 4.74 Å². The van der Waals surface area contributed by atoms with E-state index in [4.69, 9.17) is 39.5 Å². The van der Waals surface area contributed by atoms with Crippen LogP contribution in [0.3, 0.4) is 0 Å². The lowest BCUT2D eigenvalue weighted by molar-refractivity contribution is 0.349. The van der Waals surface area contributed by atoms with Gasteiger partial charge in [0.1, 0.15) is 6.10 Å². The first kappa shape index (κ1) is 15.8. The zero-order chi connectivity index (χ0) is 12.6. The minimum absolute atomic E-state index is 0.0915. The zero-order valence-electron chi connectivity index (χ0n) is 9.15. The highest BCUT2D eigenvalue weighted by Gasteiger charge is 2.48. The molecule has 0 spiro atoms. The number of rotatable bonds is 6. The van der Waals surface area contributed by atoms with E-state index in [1.807, 2.05) is 13.8 Å². The van der Waals surface area contributed by atoms with Gasteiger partial charge in [0.25, 0.3) is 0 Å². The average molecular weight is 417 g/mol. The molecular weight excluding hydrogens is 402 g/mol. The van der Waals surface area contributed by atoms with Crippen LogP contribution in [0.4, 0.5) is 0 Å². The number of alkyl halides is 5. The van der Waals surface area contributed by atoms with Crippen molar-refractivity contribution >= 4 is 66.7 Å². The molecule has 0 aromatic heterocycles. The number of epoxide rings is 1. The first-order chi connectivity index (χ1) is 7.21. The van der Waals surface area contributed by atoms with Gasteiger partial charge in [-0.15, -0.1) is 34.8 Å². The van der Waals surface area contributed by atoms with Gasteiger partial charge in [0.05, 0.1) is 21.2 Å². The average Bonchev–Trinajstić information content (AvgIpc) is 3.00. The fourth-order valence-corrected chi connectivity index (χ4v) is 3.12. The summed E-state index contributed by atoms with van der Waals surface area (Å²) in [6.07, 6.45) is 0.857. The van der Waals surface area contributed by atoms with E-state index in [1.165, 1.54) is 0 Å². The van der Waals surface area contributed by atoms with Crippen molar-refractivity contribution in [2.75, 3.05) is 12.5 Å². The van der Waals surface area contributed by atoms with Gasteiger partial charge in [0, 0.05) is 10.7 Å². The van der Waals surface area contributed by atoms with E-state index < -0.39 is 4.87 Å². The Hall–Kier alpha value is 1.79. The van der Waals surface area contributed by atoms with Gasteiger partial charge >= 0.3 is 0 Å². The molecule has 0 aromatic carbocycles. The van der Waals surface area contributed by atoms with E-state index in [1.54, 1.807) is 0 Å². The van der Waals surface area contributed by atoms with Gasteiger partial charge in [-0.05, 0) is 20.3 Å². The molecule has 0 amide bonds. The van der Waals surface area contributed by atoms with Crippen LogP contribution in [0.1, 0.15) is 20.3 Å². The Kier molecular flexibility index (Phi) is 5.78. The van der Waals surface area contributed by atoms with Crippen LogP contribution in [0.15, 0.2) is 0 Å². The SMILES string of the molecule is C[C@](Cl)([C@H](Br)C[C@H](Cl)[C@@](C)(Br)CCl)[C@@H]1CO1. The molecule has 16 heavy (non-hydrogen) atoms. The summed E-state index contributed by atoms with van der Waals surface area (Å²) in [5.41, 5.74) is 0. The predicted molar refractivity (Wildman–Crippen MR) is 79.0 cm³/mol. The van der Waals surface area contributed by atoms with Gasteiger partial charge in [-0.3, -0.25) is 0 Å². The fraction of sp³-hybridized carbons (Fsp3) is 1.00. The minimum atomic E-state index is -0.414. The van der Waals surface area contributed by atoms with Crippen LogP contribution in [0.2, 0.25) is 0 Å². The van der Waals surface area contributed by atoms with Crippen molar-refractivity contribution in [1.82, 2.24) is 0 Å². The van der Waals surface area contributed by atoms with Gasteiger partial charge in [0.2, 0.25) is 0 Å². The van der Waals surface area contributed by atoms with Gasteiger partial charge in [0.15, 0.2) is 0 Å². The summed E-state index contributed by atoms with van der Waals surface area (Å²) in [6, 6.07) is 0. The summed E-state index contributed by atoms with van der Waals surface area (Å²) < 4.78 is 4.97. The maximum atomic E-state index is 6.44. The molecule has 6 heteroatoms. The quantitative estimate of drug-likeness (QED) is 0.457. The van der Waals surface area contributed by atoms with Crippen LogP contribution < -0.4 is 0 Å². The number of hydrogen-bond donors (Lipinski definition) is 0. The van der Waals surface area contributed by atoms with Gasteiger partial charge in [-0.25, -0.2) is 0 Å². The van der Waals surface area contributed by atoms with E-state index in [2.05, 4.69) is 31.9 Å². The Morgan fingerprint density at radius 2 is 2.00 bits per heavy atom. The molecule has 5 atom stereocenters. The highest BCUT2D eigenvalue weighted by Crippen LogP contribution is 2.42. The third-order valence-electron chi connectivity index (χ3n) is 2.90. The van der Waals surface area contributed by atoms with E-state index in [-0.39, 0.29) is 20.6 Å². The van der Waals surface area contributed by atoms with Crippen molar-refractivity contribution in [3.05, 3.63) is 0 Å². The van der Waals surface area contributed by atoms with Gasteiger partial charge < -0.3 is 4.74 Å². The summed E-state index contributed by atoms with van der Waals surface area (Å²) in [6.45, 7) is 4.69. The largest absolute Gasteiger partial charge is 0.371 e. The van der Waals surface area contributed by atoms with Crippen molar-refractivity contribution in [2.45, 2.75) is 45.8 Å². The molecule has 0 aromatic rings. The van der Waals surface area contributed by atoms with Crippen molar-refractivity contribution in [2.24, 2.45) is 0 Å². The number of halogens is 5. The normalized spacial score (nSPS) is 31.3. The summed E-state index contributed by atoms with van der Waals surface area (Å²) in [7, 11) is 0. The molecule has 0 bridgehead atoms. The molecule has 1 heterocycles. The standard InChI is InChI=1S/C10H15Br2Cl3O/c1-9(12,5-13)7(14)3-6(11)10(2,15)8-4-16-8/h6-8H,3-5H2,1-2H3/t6-,7+,8+,9+,10+/m1/s1. The van der Waals surface area contributed by atoms with E-state index in [9.17, 15) is 0 Å². The van der Waals surface area contributed by atoms with E-state index >= 15 is 0 Å². The van der Waals surface area contributed by atoms with Crippen LogP contribution in [0.5, 0.6) is 0 Å². The maximum absolute atomic E-state index is 6.44. The molecule has 0 unspecified atom stereocenters. The smallest absolute Gasteiger partial charge is 0.101 e. The molecule has 0 radical (unpaired) electrons. The van der Waals surface area contributed by atoms with Crippen LogP contribution in [0.25, 0.3) is 0 Å². The molecule has 1 aliphatic heterocycles. The lowest BCUT2D eigenvalue weighted by atomic mass is 9.96. The molecular formula is C10H15Br2Cl3O. The third-order valence-corrected chi connectivity index (χ3v) is 7.63. The summed E-state index contributed by atoms with van der Waals surface area (Å²) in [4.78, 5) is -0.320. The van der Waals surface area contributed by atoms with Crippen LogP contribution in [-0.4, -0.2) is 38.0 Å². The Morgan fingerprint density at radius 3 is 2.38 bits per heavy atom. The maximum Gasteiger partial charge on any atom is 0.101 e. The second-order valence-corrected chi connectivity index (χ2v) is 9.08.